The van der Waals surface area contributed by atoms with Crippen molar-refractivity contribution >= 4 is 44.7 Å². The number of pyridine rings is 1. The van der Waals surface area contributed by atoms with Gasteiger partial charge in [-0.15, -0.1) is 0 Å². The van der Waals surface area contributed by atoms with Crippen molar-refractivity contribution in [2.45, 2.75) is 166 Å². The summed E-state index contributed by atoms with van der Waals surface area (Å²) >= 11 is -1.07. The van der Waals surface area contributed by atoms with Crippen LogP contribution < -0.4 is 46.0 Å². The molecule has 2 aliphatic carbocycles. The van der Waals surface area contributed by atoms with Crippen LogP contribution >= 0.6 is 0 Å². The number of carbonyl (C=O) groups excluding carboxylic acids is 4. The van der Waals surface area contributed by atoms with Crippen LogP contribution in [0.2, 0.25) is 0 Å². The first-order valence-electron chi connectivity index (χ1n) is 22.9. The fourth-order valence-corrected chi connectivity index (χ4v) is 14.5. The second kappa shape index (κ2) is 16.6. The molecule has 9 rings (SSSR count). The van der Waals surface area contributed by atoms with Gasteiger partial charge in [-0.3, -0.25) is 4.90 Å². The van der Waals surface area contributed by atoms with Gasteiger partial charge in [0.25, 0.3) is 0 Å². The molecule has 4 saturated heterocycles. The molecule has 2 saturated carbocycles. The first-order chi connectivity index (χ1) is 29.9. The van der Waals surface area contributed by atoms with Gasteiger partial charge in [-0.1, -0.05) is 19.4 Å². The minimum atomic E-state index is -3.99. The molecule has 15 nitrogen and oxygen atoms in total. The van der Waals surface area contributed by atoms with E-state index in [-0.39, 0.29) is 31.1 Å². The van der Waals surface area contributed by atoms with Crippen LogP contribution in [0.1, 0.15) is 111 Å². The Balaban J connectivity index is 1.07. The first kappa shape index (κ1) is 44.5. The molecule has 4 bridgehead atoms. The van der Waals surface area contributed by atoms with Crippen molar-refractivity contribution < 1.29 is 63.0 Å². The van der Waals surface area contributed by atoms with Crippen LogP contribution in [0, 0.1) is 11.3 Å². The van der Waals surface area contributed by atoms with E-state index >= 15 is 0 Å². The Morgan fingerprint density at radius 3 is 2.56 bits per heavy atom. The summed E-state index contributed by atoms with van der Waals surface area (Å²) in [5.74, 6) is -0.460. The molecule has 1 aromatic heterocycles. The zero-order valence-corrected chi connectivity index (χ0v) is 40.0. The SMILES string of the molecule is C=C[C@@H]1[I-][C@]1(NC(=O)[C@@H]1C[C@@H]2CN1C(=O)[C@H](C(C)(C)C)NC(=O)O[C@@H]1C[C@H]1CCCCCc1c(nc3ccccc3c1OC1CC3CCC1N3CC)O2)C(=O)NS(=O)(=O)C1(C)CC1. The predicted octanol–water partition coefficient (Wildman–Crippen LogP) is 1.70. The van der Waals surface area contributed by atoms with Gasteiger partial charge < -0.3 is 0 Å². The number of hydrogen-bond donors (Lipinski definition) is 3. The summed E-state index contributed by atoms with van der Waals surface area (Å²) < 4.78 is 45.7. The number of hydrogen-bond acceptors (Lipinski definition) is 11. The number of para-hydroxylation sites is 1. The van der Waals surface area contributed by atoms with Crippen molar-refractivity contribution in [2.24, 2.45) is 11.3 Å². The van der Waals surface area contributed by atoms with Crippen molar-refractivity contribution in [1.29, 1.82) is 0 Å². The van der Waals surface area contributed by atoms with E-state index in [1.165, 1.54) is 11.3 Å². The molecule has 10 atom stereocenters. The molecule has 6 heterocycles. The number of benzene rings is 1. The molecule has 5 aliphatic heterocycles. The molecule has 4 amide bonds. The van der Waals surface area contributed by atoms with Gasteiger partial charge in [0.2, 0.25) is 0 Å². The van der Waals surface area contributed by atoms with E-state index in [2.05, 4.69) is 39.8 Å². The molecule has 7 aliphatic rings. The van der Waals surface area contributed by atoms with Gasteiger partial charge in [-0.05, 0) is 25.8 Å². The molecule has 1 aromatic carbocycles. The Kier molecular flexibility index (Phi) is 11.7. The van der Waals surface area contributed by atoms with Crippen molar-refractivity contribution in [2.75, 3.05) is 13.1 Å². The third-order valence-corrected chi connectivity index (χ3v) is 20.6. The second-order valence-corrected chi connectivity index (χ2v) is 25.9. The average Bonchev–Trinajstić information content (AvgIpc) is 4.18. The topological polar surface area (TPSA) is 186 Å². The van der Waals surface area contributed by atoms with Gasteiger partial charge in [-0.25, -0.2) is 0 Å². The Labute approximate surface area is 380 Å². The molecular formula is C46H62IN6O9S-. The summed E-state index contributed by atoms with van der Waals surface area (Å²) in [5.41, 5.74) is 0.795. The third-order valence-electron chi connectivity index (χ3n) is 14.6. The summed E-state index contributed by atoms with van der Waals surface area (Å²) in [6.45, 7) is 14.2. The van der Waals surface area contributed by atoms with Gasteiger partial charge >= 0.3 is 314 Å². The van der Waals surface area contributed by atoms with Crippen LogP contribution in [0.15, 0.2) is 36.9 Å². The number of alkyl halides is 2. The van der Waals surface area contributed by atoms with Crippen molar-refractivity contribution in [3.63, 3.8) is 0 Å². The number of nitrogens with zero attached hydrogens (tertiary/aromatic N) is 3. The fourth-order valence-electron chi connectivity index (χ4n) is 10.4. The monoisotopic (exact) mass is 1000 g/mol. The summed E-state index contributed by atoms with van der Waals surface area (Å²) in [6, 6.07) is 6.56. The number of fused-ring (bicyclic) bond motifs is 7. The first-order valence-corrected chi connectivity index (χ1v) is 26.7. The molecule has 63 heavy (non-hydrogen) atoms. The second-order valence-electron chi connectivity index (χ2n) is 20.1. The number of aromatic nitrogens is 1. The van der Waals surface area contributed by atoms with Crippen LogP contribution in [0.25, 0.3) is 10.9 Å². The summed E-state index contributed by atoms with van der Waals surface area (Å²) in [5, 5.41) is 6.70. The molecule has 344 valence electrons. The van der Waals surface area contributed by atoms with Crippen LogP contribution in [0.5, 0.6) is 11.6 Å². The Bertz CT molecular complexity index is 2300. The van der Waals surface area contributed by atoms with Crippen molar-refractivity contribution in [1.82, 2.24) is 30.1 Å². The molecule has 0 spiro atoms. The molecule has 3 N–H and O–H groups in total. The summed E-state index contributed by atoms with van der Waals surface area (Å²) in [7, 11) is -3.99. The fraction of sp³-hybridized carbons (Fsp3) is 0.674. The molecule has 3 unspecified atom stereocenters. The van der Waals surface area contributed by atoms with Gasteiger partial charge in [-0.2, -0.15) is 0 Å². The van der Waals surface area contributed by atoms with E-state index in [1.807, 2.05) is 39.0 Å². The Morgan fingerprint density at radius 1 is 1.08 bits per heavy atom. The summed E-state index contributed by atoms with van der Waals surface area (Å²) in [4.78, 5) is 66.1. The van der Waals surface area contributed by atoms with E-state index in [4.69, 9.17) is 19.2 Å². The quantitative estimate of drug-likeness (QED) is 0.144. The Morgan fingerprint density at radius 2 is 1.86 bits per heavy atom. The number of likely N-dealkylation sites (N-methyl/N-ethyl adjacent to an activating group) is 1. The maximum atomic E-state index is 14.9. The minimum absolute atomic E-state index is 0.0151. The van der Waals surface area contributed by atoms with Crippen LogP contribution in [-0.2, 0) is 35.6 Å². The number of rotatable bonds is 9. The number of ether oxygens (including phenoxy) is 3. The van der Waals surface area contributed by atoms with Crippen LogP contribution in [0.4, 0.5) is 4.79 Å². The van der Waals surface area contributed by atoms with Crippen LogP contribution in [-0.4, -0.2) is 115 Å². The number of nitrogens with one attached hydrogen (secondary N) is 3. The van der Waals surface area contributed by atoms with Crippen LogP contribution in [0.3, 0.4) is 0 Å². The van der Waals surface area contributed by atoms with Gasteiger partial charge in [0, 0.05) is 18.5 Å². The van der Waals surface area contributed by atoms with E-state index in [0.29, 0.717) is 37.2 Å². The predicted molar refractivity (Wildman–Crippen MR) is 231 cm³/mol. The average molecular weight is 1000 g/mol. The maximum absolute atomic E-state index is 14.9. The van der Waals surface area contributed by atoms with E-state index in [0.717, 1.165) is 73.7 Å². The van der Waals surface area contributed by atoms with E-state index in [9.17, 15) is 27.6 Å². The zero-order chi connectivity index (χ0) is 44.6. The standard InChI is InChI=1S/C46H62IN6O9S/c1-7-36-46(47-36,42(56)51-63(58,59)45(6)20-21-45)50-39(54)33-24-28-25-53(33)41(55)38(44(3,4)5)49-43(57)62-34-22-26(34)14-10-9-11-16-30-37(29-15-12-13-17-31(29)48-40(30)60-28)61-35-23-27-18-19-32(35)52(27)8-2/h7,12-13,15,17,26-28,32-36,38H,1,8-11,14,16,18-25H2,2-6H3,(H,49,57)(H,50,54)(H,51,56)/q-1/t26-,27?,28-,32?,33+,34-,35?,36+,38-,46-/m1/s1. The Hall–Kier alpha value is -3.71. The summed E-state index contributed by atoms with van der Waals surface area (Å²) in [6.07, 6.45) is 9.23. The normalized spacial score (nSPS) is 34.1. The number of alkyl carbamates (subject to hydrolysis) is 1. The molecule has 0 radical (unpaired) electrons. The van der Waals surface area contributed by atoms with Crippen molar-refractivity contribution in [3.8, 4) is 11.6 Å². The van der Waals surface area contributed by atoms with Gasteiger partial charge in [0.05, 0.1) is 0 Å². The molecule has 17 heteroatoms. The van der Waals surface area contributed by atoms with E-state index in [1.54, 1.807) is 13.0 Å². The number of carbonyl (C=O) groups is 4. The number of sulfonamides is 1. The molecule has 2 aromatic rings. The molecular weight excluding hydrogens is 940 g/mol. The van der Waals surface area contributed by atoms with Gasteiger partial charge in [0.1, 0.15) is 0 Å². The molecule has 6 fully saturated rings. The third kappa shape index (κ3) is 8.51. The van der Waals surface area contributed by atoms with Crippen molar-refractivity contribution in [3.05, 3.63) is 42.5 Å². The number of amides is 4. The number of halogens is 1. The van der Waals surface area contributed by atoms with E-state index < -0.39 is 90.9 Å². The van der Waals surface area contributed by atoms with Gasteiger partial charge in [0.15, 0.2) is 0 Å². The zero-order valence-electron chi connectivity index (χ0n) is 37.0.